The van der Waals surface area contributed by atoms with E-state index in [0.717, 1.165) is 19.3 Å². The maximum absolute atomic E-state index is 2.59. The summed E-state index contributed by atoms with van der Waals surface area (Å²) in [7, 11) is 0. The van der Waals surface area contributed by atoms with E-state index in [2.05, 4.69) is 258 Å². The summed E-state index contributed by atoms with van der Waals surface area (Å²) in [4.78, 5) is 2.59. The molecule has 2 nitrogen and oxygen atoms in total. The highest BCUT2D eigenvalue weighted by atomic mass is 15.2. The highest BCUT2D eigenvalue weighted by molar-refractivity contribution is 6.10. The monoisotopic (exact) mass is 880 g/mol. The highest BCUT2D eigenvalue weighted by Crippen LogP contribution is 2.67. The molecule has 2 heteroatoms. The smallest absolute Gasteiger partial charge is 0.0541 e. The topological polar surface area (TPSA) is 8.17 Å². The summed E-state index contributed by atoms with van der Waals surface area (Å²) in [5, 5.41) is 2.55. The molecule has 1 aromatic heterocycles. The van der Waals surface area contributed by atoms with E-state index in [1.54, 1.807) is 0 Å². The number of anilines is 2. The minimum Gasteiger partial charge on any atom is -0.314 e. The number of fused-ring (bicyclic) bond motifs is 13. The molecule has 0 aliphatic heterocycles. The molecule has 4 aliphatic carbocycles. The van der Waals surface area contributed by atoms with Crippen LogP contribution in [-0.2, 0) is 5.41 Å². The van der Waals surface area contributed by atoms with Crippen LogP contribution in [0, 0.1) is 5.92 Å². The fraction of sp³-hybridized carbons (Fsp3) is 0.0746. The SMILES string of the molecule is C1=CCC2C(=C1)c1c(N(C3=CC=C(c4ccc5c(c4)c4ccccc4n5-c4ccc(-c5ccccc5)cc4)CC3)c3ccc(-c4ccccc4)cc3)cccc1C21c2ccccc2-c2ccccc21. The van der Waals surface area contributed by atoms with Crippen molar-refractivity contribution in [2.45, 2.75) is 24.7 Å². The molecule has 0 saturated heterocycles. The van der Waals surface area contributed by atoms with Crippen molar-refractivity contribution in [1.82, 2.24) is 4.57 Å². The average molecular weight is 881 g/mol. The fourth-order valence-electron chi connectivity index (χ4n) is 12.6. The standard InChI is InChI=1S/C67H48N2/c1-3-16-45(17-4-1)47-30-37-51(38-31-47)68(65-29-15-27-62-66(65)57-23-9-13-26-61(57)67(62)59-24-11-7-20-54(59)55-21-8-12-25-60(55)67)52-39-34-49(35-40-52)50-36-43-64-58(44-50)56-22-10-14-28-63(56)69(64)53-41-32-48(33-42-53)46-18-5-2-6-19-46/h1-25,27-34,36-39,41-44,61H,26,35,40H2. The molecule has 10 aromatic rings. The Balaban J connectivity index is 0.900. The second kappa shape index (κ2) is 15.8. The number of aromatic nitrogens is 1. The number of benzene rings is 9. The number of allylic oxidation sites excluding steroid dienone is 8. The first-order valence-electron chi connectivity index (χ1n) is 24.5. The van der Waals surface area contributed by atoms with Crippen LogP contribution in [0.3, 0.4) is 0 Å². The van der Waals surface area contributed by atoms with Gasteiger partial charge in [-0.1, -0.05) is 194 Å². The molecule has 69 heavy (non-hydrogen) atoms. The minimum absolute atomic E-state index is 0.278. The zero-order valence-corrected chi connectivity index (χ0v) is 38.3. The molecule has 4 aliphatic rings. The van der Waals surface area contributed by atoms with Crippen LogP contribution in [0.15, 0.2) is 254 Å². The number of nitrogens with zero attached hydrogens (tertiary/aromatic N) is 2. The zero-order valence-electron chi connectivity index (χ0n) is 38.3. The van der Waals surface area contributed by atoms with E-state index in [1.165, 1.54) is 117 Å². The summed E-state index contributed by atoms with van der Waals surface area (Å²) < 4.78 is 2.42. The van der Waals surface area contributed by atoms with Crippen LogP contribution in [0.25, 0.3) is 72.0 Å². The molecule has 1 atom stereocenters. The van der Waals surface area contributed by atoms with E-state index in [-0.39, 0.29) is 11.3 Å². The van der Waals surface area contributed by atoms with Crippen molar-refractivity contribution in [2.24, 2.45) is 5.92 Å². The third-order valence-electron chi connectivity index (χ3n) is 15.6. The van der Waals surface area contributed by atoms with Crippen molar-refractivity contribution in [3.63, 3.8) is 0 Å². The van der Waals surface area contributed by atoms with Gasteiger partial charge in [0.15, 0.2) is 0 Å². The lowest BCUT2D eigenvalue weighted by atomic mass is 9.65. The Hall–Kier alpha value is -8.46. The summed E-state index contributed by atoms with van der Waals surface area (Å²) in [5.74, 6) is 0.284. The van der Waals surface area contributed by atoms with Gasteiger partial charge in [-0.2, -0.15) is 0 Å². The van der Waals surface area contributed by atoms with Crippen LogP contribution < -0.4 is 4.90 Å². The first-order valence-corrected chi connectivity index (χ1v) is 24.5. The van der Waals surface area contributed by atoms with E-state index < -0.39 is 0 Å². The summed E-state index contributed by atoms with van der Waals surface area (Å²) in [6.07, 6.45) is 14.7. The molecule has 14 rings (SSSR count). The van der Waals surface area contributed by atoms with Gasteiger partial charge < -0.3 is 9.47 Å². The van der Waals surface area contributed by atoms with Crippen LogP contribution in [0.1, 0.15) is 47.1 Å². The van der Waals surface area contributed by atoms with Crippen LogP contribution in [0.5, 0.6) is 0 Å². The molecule has 0 bridgehead atoms. The van der Waals surface area contributed by atoms with E-state index in [9.17, 15) is 0 Å². The van der Waals surface area contributed by atoms with E-state index in [1.807, 2.05) is 0 Å². The molecule has 0 fully saturated rings. The summed E-state index contributed by atoms with van der Waals surface area (Å²) in [5.41, 5.74) is 24.4. The van der Waals surface area contributed by atoms with Gasteiger partial charge >= 0.3 is 0 Å². The normalized spacial score (nSPS) is 16.1. The fourth-order valence-corrected chi connectivity index (χ4v) is 12.6. The predicted molar refractivity (Wildman–Crippen MR) is 289 cm³/mol. The maximum atomic E-state index is 2.59. The van der Waals surface area contributed by atoms with Crippen molar-refractivity contribution in [3.05, 3.63) is 282 Å². The molecular formula is C67H48N2. The molecule has 0 saturated carbocycles. The third-order valence-corrected chi connectivity index (χ3v) is 15.6. The third kappa shape index (κ3) is 6.05. The van der Waals surface area contributed by atoms with Crippen molar-refractivity contribution in [1.29, 1.82) is 0 Å². The van der Waals surface area contributed by atoms with Gasteiger partial charge in [0.1, 0.15) is 0 Å². The van der Waals surface area contributed by atoms with Gasteiger partial charge in [-0.15, -0.1) is 0 Å². The van der Waals surface area contributed by atoms with E-state index >= 15 is 0 Å². The number of para-hydroxylation sites is 1. The molecule has 1 heterocycles. The Morgan fingerprint density at radius 2 is 1.04 bits per heavy atom. The molecule has 1 unspecified atom stereocenters. The van der Waals surface area contributed by atoms with Gasteiger partial charge in [-0.25, -0.2) is 0 Å². The second-order valence-electron chi connectivity index (χ2n) is 19.0. The largest absolute Gasteiger partial charge is 0.314 e. The van der Waals surface area contributed by atoms with Gasteiger partial charge in [-0.05, 0) is 141 Å². The second-order valence-corrected chi connectivity index (χ2v) is 19.0. The van der Waals surface area contributed by atoms with Gasteiger partial charge in [-0.3, -0.25) is 0 Å². The Morgan fingerprint density at radius 3 is 1.74 bits per heavy atom. The first kappa shape index (κ1) is 39.7. The molecule has 326 valence electrons. The Bertz CT molecular complexity index is 3740. The van der Waals surface area contributed by atoms with Crippen LogP contribution >= 0.6 is 0 Å². The summed E-state index contributed by atoms with van der Waals surface area (Å²) >= 11 is 0. The van der Waals surface area contributed by atoms with Crippen molar-refractivity contribution < 1.29 is 0 Å². The number of rotatable bonds is 7. The molecule has 0 radical (unpaired) electrons. The zero-order chi connectivity index (χ0) is 45.5. The van der Waals surface area contributed by atoms with Crippen LogP contribution in [-0.4, -0.2) is 4.57 Å². The lowest BCUT2D eigenvalue weighted by molar-refractivity contribution is 0.494. The van der Waals surface area contributed by atoms with E-state index in [4.69, 9.17) is 0 Å². The van der Waals surface area contributed by atoms with Gasteiger partial charge in [0, 0.05) is 39.3 Å². The lowest BCUT2D eigenvalue weighted by Gasteiger charge is -2.36. The molecule has 0 amide bonds. The van der Waals surface area contributed by atoms with Crippen molar-refractivity contribution >= 4 is 44.3 Å². The first-order chi connectivity index (χ1) is 34.2. The Morgan fingerprint density at radius 1 is 0.449 bits per heavy atom. The molecule has 9 aromatic carbocycles. The van der Waals surface area contributed by atoms with Gasteiger partial charge in [0.05, 0.1) is 22.1 Å². The molecular weight excluding hydrogens is 833 g/mol. The lowest BCUT2D eigenvalue weighted by Crippen LogP contribution is -2.32. The maximum Gasteiger partial charge on any atom is 0.0541 e. The highest BCUT2D eigenvalue weighted by Gasteiger charge is 2.56. The Kier molecular flexibility index (Phi) is 9.10. The van der Waals surface area contributed by atoms with Gasteiger partial charge in [0.2, 0.25) is 0 Å². The summed E-state index contributed by atoms with van der Waals surface area (Å²) in [6, 6.07) is 81.1. The van der Waals surface area contributed by atoms with E-state index in [0.29, 0.717) is 0 Å². The quantitative estimate of drug-likeness (QED) is 0.155. The van der Waals surface area contributed by atoms with Crippen molar-refractivity contribution in [2.75, 3.05) is 4.90 Å². The Labute approximate surface area is 403 Å². The number of hydrogen-bond acceptors (Lipinski definition) is 1. The van der Waals surface area contributed by atoms with Crippen molar-refractivity contribution in [3.8, 4) is 39.1 Å². The average Bonchev–Trinajstić information content (AvgIpc) is 4.04. The van der Waals surface area contributed by atoms with Crippen LogP contribution in [0.4, 0.5) is 11.4 Å². The molecule has 0 N–H and O–H groups in total. The van der Waals surface area contributed by atoms with Gasteiger partial charge in [0.25, 0.3) is 0 Å². The predicted octanol–water partition coefficient (Wildman–Crippen LogP) is 17.3. The minimum atomic E-state index is -0.278. The molecule has 1 spiro atoms. The number of hydrogen-bond donors (Lipinski definition) is 0. The summed E-state index contributed by atoms with van der Waals surface area (Å²) in [6.45, 7) is 0. The van der Waals surface area contributed by atoms with Crippen LogP contribution in [0.2, 0.25) is 0 Å².